The van der Waals surface area contributed by atoms with Gasteiger partial charge in [-0.1, -0.05) is 42.5 Å². The van der Waals surface area contributed by atoms with Crippen LogP contribution in [0, 0.1) is 0 Å². The molecular formula is C28H30N6. The van der Waals surface area contributed by atoms with Crippen LogP contribution >= 0.6 is 0 Å². The molecule has 0 atom stereocenters. The molecule has 0 unspecified atom stereocenters. The van der Waals surface area contributed by atoms with Gasteiger partial charge in [-0.2, -0.15) is 0 Å². The van der Waals surface area contributed by atoms with Gasteiger partial charge < -0.3 is 9.80 Å². The van der Waals surface area contributed by atoms with Crippen molar-refractivity contribution in [3.8, 4) is 11.1 Å². The zero-order chi connectivity index (χ0) is 22.9. The van der Waals surface area contributed by atoms with Crippen LogP contribution in [0.2, 0.25) is 0 Å². The summed E-state index contributed by atoms with van der Waals surface area (Å²) in [5.41, 5.74) is 7.41. The number of fused-ring (bicyclic) bond motifs is 2. The lowest BCUT2D eigenvalue weighted by atomic mass is 9.99. The Balaban J connectivity index is 1.14. The van der Waals surface area contributed by atoms with Crippen molar-refractivity contribution in [3.05, 3.63) is 83.8 Å². The van der Waals surface area contributed by atoms with Crippen LogP contribution in [0.3, 0.4) is 0 Å². The molecule has 0 amide bonds. The number of likely N-dealkylation sites (N-methyl/N-ethyl adjacent to an activating group) is 1. The number of hydrogen-bond donors (Lipinski definition) is 0. The summed E-state index contributed by atoms with van der Waals surface area (Å²) in [6.45, 7) is 7.02. The molecule has 0 bridgehead atoms. The van der Waals surface area contributed by atoms with Crippen molar-refractivity contribution in [2.45, 2.75) is 19.5 Å². The van der Waals surface area contributed by atoms with Gasteiger partial charge in [-0.3, -0.25) is 9.88 Å². The molecule has 0 saturated carbocycles. The predicted molar refractivity (Wildman–Crippen MR) is 137 cm³/mol. The number of nitrogens with zero attached hydrogens (tertiary/aromatic N) is 6. The van der Waals surface area contributed by atoms with E-state index in [0.29, 0.717) is 0 Å². The summed E-state index contributed by atoms with van der Waals surface area (Å²) in [5, 5.41) is 1.20. The second-order valence-corrected chi connectivity index (χ2v) is 9.46. The van der Waals surface area contributed by atoms with Gasteiger partial charge in [-0.05, 0) is 35.9 Å². The van der Waals surface area contributed by atoms with E-state index < -0.39 is 0 Å². The van der Waals surface area contributed by atoms with E-state index >= 15 is 0 Å². The minimum Gasteiger partial charge on any atom is -0.338 e. The lowest BCUT2D eigenvalue weighted by molar-refractivity contribution is 0.287. The van der Waals surface area contributed by atoms with Gasteiger partial charge in [0.05, 0.1) is 5.52 Å². The summed E-state index contributed by atoms with van der Waals surface area (Å²) >= 11 is 0. The summed E-state index contributed by atoms with van der Waals surface area (Å²) in [6, 6.07) is 19.3. The topological polar surface area (TPSA) is 48.4 Å². The minimum atomic E-state index is 0.842. The summed E-state index contributed by atoms with van der Waals surface area (Å²) in [7, 11) is 2.17. The van der Waals surface area contributed by atoms with Crippen molar-refractivity contribution >= 4 is 16.9 Å². The van der Waals surface area contributed by atoms with Crippen LogP contribution in [0.15, 0.2) is 67.0 Å². The first-order valence-electron chi connectivity index (χ1n) is 12.2. The zero-order valence-corrected chi connectivity index (χ0v) is 19.7. The standard InChI is InChI=1S/C28H30N6/c1-32-13-15-34(16-14-32)28-29-17-23(18-30-28)25-7-4-6-22-19-33(20-26(22)25)12-11-24-10-9-21-5-2-3-8-27(21)31-24/h2-10,17-18H,11-16,19-20H2,1H3. The Morgan fingerprint density at radius 2 is 1.65 bits per heavy atom. The van der Waals surface area contributed by atoms with Crippen LogP contribution in [-0.4, -0.2) is 64.5 Å². The summed E-state index contributed by atoms with van der Waals surface area (Å²) in [6.07, 6.45) is 4.95. The summed E-state index contributed by atoms with van der Waals surface area (Å²) in [5.74, 6) is 0.842. The van der Waals surface area contributed by atoms with E-state index in [2.05, 4.69) is 76.3 Å². The van der Waals surface area contributed by atoms with Gasteiger partial charge in [0.15, 0.2) is 0 Å². The fourth-order valence-corrected chi connectivity index (χ4v) is 5.07. The number of hydrogen-bond acceptors (Lipinski definition) is 6. The molecule has 2 aliphatic rings. The number of benzene rings is 2. The molecule has 0 radical (unpaired) electrons. The van der Waals surface area contributed by atoms with Crippen LogP contribution in [0.5, 0.6) is 0 Å². The third-order valence-corrected chi connectivity index (χ3v) is 7.12. The number of anilines is 1. The fraction of sp³-hybridized carbons (Fsp3) is 0.321. The van der Waals surface area contributed by atoms with E-state index in [1.807, 2.05) is 12.4 Å². The van der Waals surface area contributed by atoms with Crippen molar-refractivity contribution in [2.24, 2.45) is 0 Å². The maximum absolute atomic E-state index is 4.85. The Morgan fingerprint density at radius 1 is 0.824 bits per heavy atom. The van der Waals surface area contributed by atoms with Gasteiger partial charge >= 0.3 is 0 Å². The highest BCUT2D eigenvalue weighted by Crippen LogP contribution is 2.32. The van der Waals surface area contributed by atoms with Gasteiger partial charge in [0.25, 0.3) is 0 Å². The number of rotatable bonds is 5. The van der Waals surface area contributed by atoms with Gasteiger partial charge in [0.1, 0.15) is 0 Å². The average Bonchev–Trinajstić information content (AvgIpc) is 3.31. The zero-order valence-electron chi connectivity index (χ0n) is 19.7. The van der Waals surface area contributed by atoms with Crippen molar-refractivity contribution in [1.29, 1.82) is 0 Å². The van der Waals surface area contributed by atoms with Crippen molar-refractivity contribution in [3.63, 3.8) is 0 Å². The quantitative estimate of drug-likeness (QED) is 0.458. The van der Waals surface area contributed by atoms with E-state index in [1.165, 1.54) is 22.1 Å². The molecule has 6 rings (SSSR count). The predicted octanol–water partition coefficient (Wildman–Crippen LogP) is 4.00. The molecule has 1 saturated heterocycles. The average molecular weight is 451 g/mol. The maximum atomic E-state index is 4.85. The Bertz CT molecular complexity index is 1290. The molecule has 6 nitrogen and oxygen atoms in total. The normalized spacial score (nSPS) is 16.8. The Labute approximate surface area is 200 Å². The Morgan fingerprint density at radius 3 is 2.50 bits per heavy atom. The molecule has 34 heavy (non-hydrogen) atoms. The summed E-state index contributed by atoms with van der Waals surface area (Å²) < 4.78 is 0. The van der Waals surface area contributed by atoms with Gasteiger partial charge in [-0.25, -0.2) is 9.97 Å². The van der Waals surface area contributed by atoms with Gasteiger partial charge in [0.2, 0.25) is 5.95 Å². The number of pyridine rings is 1. The SMILES string of the molecule is CN1CCN(c2ncc(-c3cccc4c3CN(CCc3ccc5ccccc5n3)C4)cn2)CC1. The van der Waals surface area contributed by atoms with E-state index in [0.717, 1.165) is 75.0 Å². The van der Waals surface area contributed by atoms with Crippen LogP contribution in [0.4, 0.5) is 5.95 Å². The minimum absolute atomic E-state index is 0.842. The van der Waals surface area contributed by atoms with E-state index in [9.17, 15) is 0 Å². The van der Waals surface area contributed by atoms with Crippen molar-refractivity contribution in [2.75, 3.05) is 44.7 Å². The monoisotopic (exact) mass is 450 g/mol. The molecule has 4 aromatic rings. The van der Waals surface area contributed by atoms with Crippen molar-refractivity contribution in [1.82, 2.24) is 24.8 Å². The molecule has 4 heterocycles. The lowest BCUT2D eigenvalue weighted by Gasteiger charge is -2.32. The van der Waals surface area contributed by atoms with Gasteiger partial charge in [-0.15, -0.1) is 0 Å². The van der Waals surface area contributed by atoms with E-state index in [1.54, 1.807) is 0 Å². The molecular weight excluding hydrogens is 420 g/mol. The van der Waals surface area contributed by atoms with E-state index in [4.69, 9.17) is 15.0 Å². The van der Waals surface area contributed by atoms with Crippen molar-refractivity contribution < 1.29 is 0 Å². The molecule has 0 spiro atoms. The number of aromatic nitrogens is 3. The van der Waals surface area contributed by atoms with Crippen LogP contribution < -0.4 is 4.90 Å². The first-order chi connectivity index (χ1) is 16.7. The Kier molecular flexibility index (Phi) is 5.69. The van der Waals surface area contributed by atoms with Crippen LogP contribution in [-0.2, 0) is 19.5 Å². The second kappa shape index (κ2) is 9.12. The first kappa shape index (κ1) is 21.2. The second-order valence-electron chi connectivity index (χ2n) is 9.46. The van der Waals surface area contributed by atoms with Crippen LogP contribution in [0.25, 0.3) is 22.0 Å². The first-order valence-corrected chi connectivity index (χ1v) is 12.2. The smallest absolute Gasteiger partial charge is 0.225 e. The Hall–Kier alpha value is -3.35. The number of para-hydroxylation sites is 1. The molecule has 2 aromatic carbocycles. The highest BCUT2D eigenvalue weighted by atomic mass is 15.3. The summed E-state index contributed by atoms with van der Waals surface area (Å²) in [4.78, 5) is 21.4. The molecule has 1 fully saturated rings. The number of piperazine rings is 1. The largest absolute Gasteiger partial charge is 0.338 e. The van der Waals surface area contributed by atoms with Gasteiger partial charge in [0, 0.05) is 81.3 Å². The lowest BCUT2D eigenvalue weighted by Crippen LogP contribution is -2.45. The highest BCUT2D eigenvalue weighted by Gasteiger charge is 2.23. The third kappa shape index (κ3) is 4.27. The fourth-order valence-electron chi connectivity index (χ4n) is 5.07. The molecule has 2 aromatic heterocycles. The molecule has 0 N–H and O–H groups in total. The van der Waals surface area contributed by atoms with E-state index in [-0.39, 0.29) is 0 Å². The molecule has 0 aliphatic carbocycles. The molecule has 6 heteroatoms. The highest BCUT2D eigenvalue weighted by molar-refractivity contribution is 5.78. The van der Waals surface area contributed by atoms with Crippen LogP contribution in [0.1, 0.15) is 16.8 Å². The molecule has 2 aliphatic heterocycles. The molecule has 172 valence electrons. The maximum Gasteiger partial charge on any atom is 0.225 e. The third-order valence-electron chi connectivity index (χ3n) is 7.12.